The second-order valence-electron chi connectivity index (χ2n) is 8.43. The molecule has 1 rings (SSSR count). The van der Waals surface area contributed by atoms with Crippen LogP contribution in [-0.2, 0) is 14.5 Å². The highest BCUT2D eigenvalue weighted by molar-refractivity contribution is 5.73. The fraction of sp³-hybridized carbons (Fsp3) is 0.958. The van der Waals surface area contributed by atoms with E-state index in [1.807, 2.05) is 0 Å². The lowest BCUT2D eigenvalue weighted by Gasteiger charge is -2.19. The van der Waals surface area contributed by atoms with Crippen molar-refractivity contribution in [3.63, 3.8) is 0 Å². The molecular weight excluding hydrogens is 350 g/mol. The van der Waals surface area contributed by atoms with Crippen molar-refractivity contribution < 1.29 is 14.5 Å². The molecule has 1 fully saturated rings. The Balaban J connectivity index is 1.83. The molecule has 1 amide bonds. The summed E-state index contributed by atoms with van der Waals surface area (Å²) in [7, 11) is 0. The van der Waals surface area contributed by atoms with Crippen LogP contribution in [0.25, 0.3) is 0 Å². The van der Waals surface area contributed by atoms with E-state index >= 15 is 0 Å². The summed E-state index contributed by atoms with van der Waals surface area (Å²) in [5.74, 6) is -0.0170. The van der Waals surface area contributed by atoms with Crippen LogP contribution in [0.4, 0.5) is 0 Å². The highest BCUT2D eigenvalue weighted by Crippen LogP contribution is 2.14. The highest BCUT2D eigenvalue weighted by Gasteiger charge is 2.16. The SMILES string of the molecule is CCCCCCCCCCCCCCCCCC(=O)N1OCCCCCCO1. The Kier molecular flexibility index (Phi) is 17.9. The summed E-state index contributed by atoms with van der Waals surface area (Å²) < 4.78 is 0. The van der Waals surface area contributed by atoms with Crippen molar-refractivity contribution in [1.29, 1.82) is 0 Å². The quantitative estimate of drug-likeness (QED) is 0.253. The molecule has 0 aromatic heterocycles. The zero-order valence-corrected chi connectivity index (χ0v) is 18.7. The van der Waals surface area contributed by atoms with Gasteiger partial charge in [0.1, 0.15) is 0 Å². The minimum absolute atomic E-state index is 0.0170. The molecule has 0 aromatic carbocycles. The standard InChI is InChI=1S/C24H47NO3/c1-2-3-4-5-6-7-8-9-10-11-12-13-14-15-18-21-24(26)25-27-22-19-16-17-20-23-28-25/h2-23H2,1H3. The van der Waals surface area contributed by atoms with Gasteiger partial charge in [0.25, 0.3) is 5.91 Å². The number of rotatable bonds is 16. The molecule has 0 unspecified atom stereocenters. The largest absolute Gasteiger partial charge is 0.273 e. The third-order valence-electron chi connectivity index (χ3n) is 5.65. The third-order valence-corrected chi connectivity index (χ3v) is 5.65. The Morgan fingerprint density at radius 2 is 1.00 bits per heavy atom. The first-order chi connectivity index (χ1) is 13.8. The van der Waals surface area contributed by atoms with Crippen LogP contribution in [-0.4, -0.2) is 24.3 Å². The smallest absolute Gasteiger partial charge is 0.270 e. The van der Waals surface area contributed by atoms with Gasteiger partial charge in [-0.3, -0.25) is 4.79 Å². The zero-order chi connectivity index (χ0) is 20.1. The third kappa shape index (κ3) is 15.3. The maximum absolute atomic E-state index is 12.2. The predicted octanol–water partition coefficient (Wildman–Crippen LogP) is 7.51. The lowest BCUT2D eigenvalue weighted by atomic mass is 10.0. The van der Waals surface area contributed by atoms with Crippen LogP contribution in [0.2, 0.25) is 0 Å². The van der Waals surface area contributed by atoms with E-state index < -0.39 is 0 Å². The number of nitrogens with zero attached hydrogens (tertiary/aromatic N) is 1. The van der Waals surface area contributed by atoms with Gasteiger partial charge in [0.05, 0.1) is 13.2 Å². The number of hydroxylamine groups is 2. The van der Waals surface area contributed by atoms with E-state index in [-0.39, 0.29) is 5.91 Å². The molecule has 4 heteroatoms. The normalized spacial score (nSPS) is 15.8. The van der Waals surface area contributed by atoms with Gasteiger partial charge in [-0.15, -0.1) is 0 Å². The molecule has 0 atom stereocenters. The molecule has 28 heavy (non-hydrogen) atoms. The van der Waals surface area contributed by atoms with E-state index in [0.29, 0.717) is 19.6 Å². The van der Waals surface area contributed by atoms with Crippen LogP contribution in [0.1, 0.15) is 135 Å². The van der Waals surface area contributed by atoms with Crippen LogP contribution in [0, 0.1) is 0 Å². The number of unbranched alkanes of at least 4 members (excludes halogenated alkanes) is 14. The molecule has 1 saturated heterocycles. The molecule has 0 aliphatic carbocycles. The van der Waals surface area contributed by atoms with Gasteiger partial charge in [0.15, 0.2) is 0 Å². The van der Waals surface area contributed by atoms with Crippen molar-refractivity contribution in [2.75, 3.05) is 13.2 Å². The van der Waals surface area contributed by atoms with Gasteiger partial charge >= 0.3 is 0 Å². The van der Waals surface area contributed by atoms with Crippen LogP contribution in [0.5, 0.6) is 0 Å². The molecule has 1 aliphatic heterocycles. The number of amides is 1. The van der Waals surface area contributed by atoms with Crippen LogP contribution in [0.15, 0.2) is 0 Å². The first-order valence-corrected chi connectivity index (χ1v) is 12.4. The summed E-state index contributed by atoms with van der Waals surface area (Å²) in [6.45, 7) is 3.46. The summed E-state index contributed by atoms with van der Waals surface area (Å²) in [6.07, 6.45) is 25.0. The average molecular weight is 398 g/mol. The summed E-state index contributed by atoms with van der Waals surface area (Å²) in [6, 6.07) is 0. The molecule has 1 heterocycles. The van der Waals surface area contributed by atoms with Crippen LogP contribution in [0.3, 0.4) is 0 Å². The van der Waals surface area contributed by atoms with E-state index in [9.17, 15) is 4.79 Å². The van der Waals surface area contributed by atoms with Gasteiger partial charge in [-0.2, -0.15) is 0 Å². The van der Waals surface area contributed by atoms with Crippen molar-refractivity contribution in [1.82, 2.24) is 5.23 Å². The number of hydrogen-bond donors (Lipinski definition) is 0. The van der Waals surface area contributed by atoms with Crippen LogP contribution >= 0.6 is 0 Å². The summed E-state index contributed by atoms with van der Waals surface area (Å²) >= 11 is 0. The lowest BCUT2D eigenvalue weighted by Crippen LogP contribution is -2.31. The van der Waals surface area contributed by atoms with Gasteiger partial charge in [-0.05, 0) is 19.3 Å². The molecule has 0 saturated carbocycles. The molecule has 0 N–H and O–H groups in total. The number of carbonyl (C=O) groups is 1. The Hall–Kier alpha value is -0.610. The fourth-order valence-electron chi connectivity index (χ4n) is 3.77. The second kappa shape index (κ2) is 19.7. The Morgan fingerprint density at radius 3 is 1.43 bits per heavy atom. The van der Waals surface area contributed by atoms with Crippen LogP contribution < -0.4 is 0 Å². The highest BCUT2D eigenvalue weighted by atomic mass is 17.0. The van der Waals surface area contributed by atoms with Gasteiger partial charge in [0, 0.05) is 6.42 Å². The maximum atomic E-state index is 12.2. The lowest BCUT2D eigenvalue weighted by molar-refractivity contribution is -0.340. The van der Waals surface area contributed by atoms with E-state index in [0.717, 1.165) is 43.8 Å². The summed E-state index contributed by atoms with van der Waals surface area (Å²) in [5.41, 5.74) is 0. The first-order valence-electron chi connectivity index (χ1n) is 12.4. The molecule has 0 aromatic rings. The molecule has 0 radical (unpaired) electrons. The fourth-order valence-corrected chi connectivity index (χ4v) is 3.77. The maximum Gasteiger partial charge on any atom is 0.273 e. The number of carbonyl (C=O) groups excluding carboxylic acids is 1. The van der Waals surface area contributed by atoms with Gasteiger partial charge in [-0.1, -0.05) is 115 Å². The van der Waals surface area contributed by atoms with Crippen molar-refractivity contribution in [3.05, 3.63) is 0 Å². The molecule has 0 bridgehead atoms. The van der Waals surface area contributed by atoms with Crippen molar-refractivity contribution in [2.24, 2.45) is 0 Å². The first kappa shape index (κ1) is 25.4. The zero-order valence-electron chi connectivity index (χ0n) is 18.7. The molecular formula is C24H47NO3. The monoisotopic (exact) mass is 397 g/mol. The molecule has 1 aliphatic rings. The Labute approximate surface area is 174 Å². The van der Waals surface area contributed by atoms with Gasteiger partial charge in [0.2, 0.25) is 0 Å². The Bertz CT molecular complexity index is 339. The summed E-state index contributed by atoms with van der Waals surface area (Å²) in [5, 5.41) is 1.16. The predicted molar refractivity (Wildman–Crippen MR) is 117 cm³/mol. The van der Waals surface area contributed by atoms with Crippen molar-refractivity contribution >= 4 is 5.91 Å². The second-order valence-corrected chi connectivity index (χ2v) is 8.43. The number of hydrogen-bond acceptors (Lipinski definition) is 3. The van der Waals surface area contributed by atoms with E-state index in [2.05, 4.69) is 6.92 Å². The van der Waals surface area contributed by atoms with Crippen molar-refractivity contribution in [3.8, 4) is 0 Å². The molecule has 4 nitrogen and oxygen atoms in total. The van der Waals surface area contributed by atoms with Gasteiger partial charge in [-0.25, -0.2) is 9.68 Å². The van der Waals surface area contributed by atoms with E-state index in [4.69, 9.17) is 9.68 Å². The minimum atomic E-state index is -0.0170. The van der Waals surface area contributed by atoms with Crippen molar-refractivity contribution in [2.45, 2.75) is 135 Å². The molecule has 0 spiro atoms. The molecule has 166 valence electrons. The van der Waals surface area contributed by atoms with E-state index in [1.165, 1.54) is 83.5 Å². The summed E-state index contributed by atoms with van der Waals surface area (Å²) in [4.78, 5) is 23.1. The topological polar surface area (TPSA) is 38.8 Å². The minimum Gasteiger partial charge on any atom is -0.270 e. The average Bonchev–Trinajstić information content (AvgIpc) is 2.84. The van der Waals surface area contributed by atoms with Gasteiger partial charge < -0.3 is 0 Å². The van der Waals surface area contributed by atoms with E-state index in [1.54, 1.807) is 0 Å². The Morgan fingerprint density at radius 1 is 0.607 bits per heavy atom.